The number of carbonyl (C=O) groups is 1. The highest BCUT2D eigenvalue weighted by atomic mass is 19.4. The second kappa shape index (κ2) is 6.36. The molecule has 3 aromatic heterocycles. The standard InChI is InChI=1S/C17H17F3N6O/c1-10-15(26-6-3-2-4-12(26)22-10)16(27)21-9-14-24-23-13-8-11(17(18,19)20)5-7-25(13)14/h2-4,6,11H,5,7-9H2,1H3,(H,21,27)/t11-/m0/s1. The number of hydrogen-bond donors (Lipinski definition) is 1. The lowest BCUT2D eigenvalue weighted by atomic mass is 9.97. The van der Waals surface area contributed by atoms with Crippen LogP contribution in [0.15, 0.2) is 24.4 Å². The minimum atomic E-state index is -4.23. The van der Waals surface area contributed by atoms with Gasteiger partial charge in [0.05, 0.1) is 18.2 Å². The molecule has 4 rings (SSSR count). The molecule has 0 radical (unpaired) electrons. The Morgan fingerprint density at radius 3 is 2.93 bits per heavy atom. The zero-order valence-corrected chi connectivity index (χ0v) is 14.5. The highest BCUT2D eigenvalue weighted by Gasteiger charge is 2.42. The molecule has 0 saturated carbocycles. The number of fused-ring (bicyclic) bond motifs is 2. The van der Waals surface area contributed by atoms with Gasteiger partial charge in [-0.2, -0.15) is 13.2 Å². The van der Waals surface area contributed by atoms with Gasteiger partial charge in [0.25, 0.3) is 5.91 Å². The van der Waals surface area contributed by atoms with Gasteiger partial charge >= 0.3 is 6.18 Å². The topological polar surface area (TPSA) is 77.1 Å². The van der Waals surface area contributed by atoms with Crippen LogP contribution in [0.2, 0.25) is 0 Å². The predicted molar refractivity (Wildman–Crippen MR) is 89.0 cm³/mol. The van der Waals surface area contributed by atoms with Crippen molar-refractivity contribution in [2.75, 3.05) is 0 Å². The van der Waals surface area contributed by atoms with Crippen molar-refractivity contribution >= 4 is 11.6 Å². The van der Waals surface area contributed by atoms with Gasteiger partial charge in [-0.3, -0.25) is 9.20 Å². The Kier molecular flexibility index (Phi) is 4.12. The fraction of sp³-hybridized carbons (Fsp3) is 0.412. The third-order valence-electron chi connectivity index (χ3n) is 4.82. The molecule has 0 spiro atoms. The molecule has 10 heteroatoms. The van der Waals surface area contributed by atoms with Gasteiger partial charge in [-0.15, -0.1) is 10.2 Å². The van der Waals surface area contributed by atoms with E-state index in [0.29, 0.717) is 28.7 Å². The Morgan fingerprint density at radius 1 is 1.33 bits per heavy atom. The van der Waals surface area contributed by atoms with Crippen molar-refractivity contribution in [2.45, 2.75) is 39.0 Å². The summed E-state index contributed by atoms with van der Waals surface area (Å²) < 4.78 is 42.0. The molecule has 1 N–H and O–H groups in total. The maximum absolute atomic E-state index is 12.9. The van der Waals surface area contributed by atoms with Crippen molar-refractivity contribution in [1.29, 1.82) is 0 Å². The van der Waals surface area contributed by atoms with Crippen molar-refractivity contribution in [3.63, 3.8) is 0 Å². The first-order valence-electron chi connectivity index (χ1n) is 8.54. The number of nitrogens with zero attached hydrogens (tertiary/aromatic N) is 5. The SMILES string of the molecule is Cc1nc2ccccn2c1C(=O)NCc1nnc2n1CC[C@H](C(F)(F)F)C2. The van der Waals surface area contributed by atoms with Gasteiger partial charge in [0.1, 0.15) is 17.2 Å². The Balaban J connectivity index is 1.49. The van der Waals surface area contributed by atoms with Gasteiger partial charge in [0, 0.05) is 19.2 Å². The van der Waals surface area contributed by atoms with Crippen LogP contribution in [0.4, 0.5) is 13.2 Å². The molecule has 1 aliphatic rings. The van der Waals surface area contributed by atoms with Crippen LogP contribution in [0.3, 0.4) is 0 Å². The number of amides is 1. The molecular weight excluding hydrogens is 361 g/mol. The number of hydrogen-bond acceptors (Lipinski definition) is 4. The number of imidazole rings is 1. The van der Waals surface area contributed by atoms with Crippen LogP contribution in [0, 0.1) is 12.8 Å². The van der Waals surface area contributed by atoms with Crippen molar-refractivity contribution in [3.8, 4) is 0 Å². The van der Waals surface area contributed by atoms with E-state index in [1.165, 1.54) is 0 Å². The number of carbonyl (C=O) groups excluding carboxylic acids is 1. The summed E-state index contributed by atoms with van der Waals surface area (Å²) in [5.74, 6) is -0.964. The predicted octanol–water partition coefficient (Wildman–Crippen LogP) is 2.29. The summed E-state index contributed by atoms with van der Waals surface area (Å²) in [6.45, 7) is 2.02. The first kappa shape index (κ1) is 17.5. The molecule has 4 heterocycles. The Bertz CT molecular complexity index is 1010. The fourth-order valence-corrected chi connectivity index (χ4v) is 3.43. The molecule has 1 atom stereocenters. The number of alkyl halides is 3. The van der Waals surface area contributed by atoms with Crippen LogP contribution >= 0.6 is 0 Å². The molecule has 1 amide bonds. The van der Waals surface area contributed by atoms with Crippen LogP contribution < -0.4 is 5.32 Å². The molecular formula is C17H17F3N6O. The van der Waals surface area contributed by atoms with Crippen molar-refractivity contribution in [1.82, 2.24) is 29.5 Å². The maximum Gasteiger partial charge on any atom is 0.392 e. The fourth-order valence-electron chi connectivity index (χ4n) is 3.43. The zero-order valence-electron chi connectivity index (χ0n) is 14.5. The number of pyridine rings is 1. The quantitative estimate of drug-likeness (QED) is 0.759. The molecule has 3 aromatic rings. The minimum absolute atomic E-state index is 0.0120. The van der Waals surface area contributed by atoms with Crippen molar-refractivity contribution < 1.29 is 18.0 Å². The lowest BCUT2D eigenvalue weighted by Gasteiger charge is -2.25. The van der Waals surface area contributed by atoms with Crippen LogP contribution in [-0.2, 0) is 19.5 Å². The Morgan fingerprint density at radius 2 is 2.15 bits per heavy atom. The van der Waals surface area contributed by atoms with Crippen LogP contribution in [0.5, 0.6) is 0 Å². The molecule has 0 aromatic carbocycles. The monoisotopic (exact) mass is 378 g/mol. The van der Waals surface area contributed by atoms with E-state index < -0.39 is 12.1 Å². The van der Waals surface area contributed by atoms with Crippen LogP contribution in [0.25, 0.3) is 5.65 Å². The van der Waals surface area contributed by atoms with Crippen molar-refractivity contribution in [2.24, 2.45) is 5.92 Å². The second-order valence-electron chi connectivity index (χ2n) is 6.57. The van der Waals surface area contributed by atoms with E-state index in [1.807, 2.05) is 6.07 Å². The smallest absolute Gasteiger partial charge is 0.343 e. The molecule has 1 aliphatic heterocycles. The van der Waals surface area contributed by atoms with Gasteiger partial charge in [-0.25, -0.2) is 4.98 Å². The van der Waals surface area contributed by atoms with Crippen LogP contribution in [0.1, 0.15) is 34.3 Å². The summed E-state index contributed by atoms with van der Waals surface area (Å²) in [5, 5.41) is 10.6. The Hall–Kier alpha value is -2.91. The molecule has 0 bridgehead atoms. The highest BCUT2D eigenvalue weighted by Crippen LogP contribution is 2.34. The molecule has 0 fully saturated rings. The number of nitrogens with one attached hydrogen (secondary N) is 1. The summed E-state index contributed by atoms with van der Waals surface area (Å²) in [4.78, 5) is 17.0. The minimum Gasteiger partial charge on any atom is -0.343 e. The number of aromatic nitrogens is 5. The van der Waals surface area contributed by atoms with E-state index in [1.54, 1.807) is 34.2 Å². The molecule has 0 unspecified atom stereocenters. The summed E-state index contributed by atoms with van der Waals surface area (Å²) in [6, 6.07) is 5.44. The van der Waals surface area contributed by atoms with Gasteiger partial charge < -0.3 is 9.88 Å². The normalized spacial score (nSPS) is 17.1. The highest BCUT2D eigenvalue weighted by molar-refractivity contribution is 5.94. The summed E-state index contributed by atoms with van der Waals surface area (Å²) in [6.07, 6.45) is -2.68. The van der Waals surface area contributed by atoms with E-state index >= 15 is 0 Å². The molecule has 0 saturated heterocycles. The van der Waals surface area contributed by atoms with Gasteiger partial charge in [0.15, 0.2) is 5.82 Å². The molecule has 7 nitrogen and oxygen atoms in total. The molecule has 27 heavy (non-hydrogen) atoms. The van der Waals surface area contributed by atoms with E-state index in [4.69, 9.17) is 0 Å². The van der Waals surface area contributed by atoms with E-state index in [0.717, 1.165) is 0 Å². The summed E-state index contributed by atoms with van der Waals surface area (Å²) in [7, 11) is 0. The summed E-state index contributed by atoms with van der Waals surface area (Å²) >= 11 is 0. The second-order valence-corrected chi connectivity index (χ2v) is 6.57. The molecule has 0 aliphatic carbocycles. The largest absolute Gasteiger partial charge is 0.392 e. The zero-order chi connectivity index (χ0) is 19.2. The molecule has 142 valence electrons. The third kappa shape index (κ3) is 3.15. The average molecular weight is 378 g/mol. The van der Waals surface area contributed by atoms with E-state index in [9.17, 15) is 18.0 Å². The first-order valence-corrected chi connectivity index (χ1v) is 8.54. The lowest BCUT2D eigenvalue weighted by molar-refractivity contribution is -0.179. The van der Waals surface area contributed by atoms with E-state index in [2.05, 4.69) is 20.5 Å². The van der Waals surface area contributed by atoms with Gasteiger partial charge in [-0.1, -0.05) is 6.07 Å². The van der Waals surface area contributed by atoms with Crippen molar-refractivity contribution in [3.05, 3.63) is 47.4 Å². The summed E-state index contributed by atoms with van der Waals surface area (Å²) in [5.41, 5.74) is 1.68. The number of rotatable bonds is 3. The van der Waals surface area contributed by atoms with Gasteiger partial charge in [0.2, 0.25) is 0 Å². The third-order valence-corrected chi connectivity index (χ3v) is 4.82. The first-order chi connectivity index (χ1) is 12.8. The average Bonchev–Trinajstić information content (AvgIpc) is 3.18. The maximum atomic E-state index is 12.9. The number of aryl methyl sites for hydroxylation is 1. The lowest BCUT2D eigenvalue weighted by Crippen LogP contribution is -2.32. The number of halogens is 3. The van der Waals surface area contributed by atoms with Gasteiger partial charge in [-0.05, 0) is 25.5 Å². The Labute approximate surface area is 152 Å². The van der Waals surface area contributed by atoms with Crippen LogP contribution in [-0.4, -0.2) is 36.2 Å². The van der Waals surface area contributed by atoms with E-state index in [-0.39, 0.29) is 31.8 Å².